The number of anilines is 1. The number of rotatable bonds is 9. The molecule has 2 aromatic rings. The molecule has 2 rings (SSSR count). The molecule has 0 saturated carbocycles. The summed E-state index contributed by atoms with van der Waals surface area (Å²) in [6.07, 6.45) is -0.515. The molecular weight excluding hydrogens is 276 g/mol. The van der Waals surface area contributed by atoms with Gasteiger partial charge in [-0.15, -0.1) is 0 Å². The first-order chi connectivity index (χ1) is 10.7. The van der Waals surface area contributed by atoms with Crippen molar-refractivity contribution in [2.45, 2.75) is 13.0 Å². The summed E-state index contributed by atoms with van der Waals surface area (Å²) < 4.78 is 5.50. The zero-order chi connectivity index (χ0) is 15.6. The summed E-state index contributed by atoms with van der Waals surface area (Å²) >= 11 is 0. The normalized spacial score (nSPS) is 11.9. The third kappa shape index (κ3) is 6.16. The topological polar surface area (TPSA) is 53.5 Å². The minimum absolute atomic E-state index is 0.294. The van der Waals surface area contributed by atoms with E-state index in [9.17, 15) is 5.11 Å². The van der Waals surface area contributed by atoms with Crippen LogP contribution in [-0.2, 0) is 0 Å². The monoisotopic (exact) mass is 300 g/mol. The number of aryl methyl sites for hydroxylation is 1. The quantitative estimate of drug-likeness (QED) is 0.623. The molecule has 0 saturated heterocycles. The van der Waals surface area contributed by atoms with E-state index in [2.05, 4.69) is 35.8 Å². The van der Waals surface area contributed by atoms with Crippen molar-refractivity contribution >= 4 is 5.69 Å². The van der Waals surface area contributed by atoms with Crippen LogP contribution in [-0.4, -0.2) is 37.5 Å². The second kappa shape index (κ2) is 9.07. The number of para-hydroxylation sites is 1. The maximum Gasteiger partial charge on any atom is 0.119 e. The molecule has 2 aromatic carbocycles. The number of benzene rings is 2. The Morgan fingerprint density at radius 1 is 1.05 bits per heavy atom. The minimum Gasteiger partial charge on any atom is -0.491 e. The van der Waals surface area contributed by atoms with Crippen LogP contribution in [0.1, 0.15) is 5.56 Å². The highest BCUT2D eigenvalue weighted by Crippen LogP contribution is 2.09. The Morgan fingerprint density at radius 3 is 2.64 bits per heavy atom. The molecule has 0 aliphatic heterocycles. The van der Waals surface area contributed by atoms with Crippen LogP contribution >= 0.6 is 0 Å². The lowest BCUT2D eigenvalue weighted by molar-refractivity contribution is 0.107. The summed E-state index contributed by atoms with van der Waals surface area (Å²) in [4.78, 5) is 0. The molecule has 0 aliphatic carbocycles. The molecule has 0 spiro atoms. The van der Waals surface area contributed by atoms with E-state index in [0.29, 0.717) is 13.2 Å². The van der Waals surface area contributed by atoms with Crippen molar-refractivity contribution in [2.24, 2.45) is 0 Å². The van der Waals surface area contributed by atoms with Crippen LogP contribution in [0.3, 0.4) is 0 Å². The van der Waals surface area contributed by atoms with E-state index in [1.165, 1.54) is 5.56 Å². The van der Waals surface area contributed by atoms with E-state index < -0.39 is 6.10 Å². The number of aliphatic hydroxyl groups excluding tert-OH is 1. The van der Waals surface area contributed by atoms with Gasteiger partial charge in [0.25, 0.3) is 0 Å². The highest BCUT2D eigenvalue weighted by atomic mass is 16.5. The summed E-state index contributed by atoms with van der Waals surface area (Å²) in [5.41, 5.74) is 2.36. The lowest BCUT2D eigenvalue weighted by atomic mass is 10.2. The van der Waals surface area contributed by atoms with Gasteiger partial charge in [-0.05, 0) is 36.8 Å². The van der Waals surface area contributed by atoms with Crippen molar-refractivity contribution in [3.05, 3.63) is 60.2 Å². The van der Waals surface area contributed by atoms with Crippen LogP contribution in [0.4, 0.5) is 5.69 Å². The van der Waals surface area contributed by atoms with Gasteiger partial charge in [-0.3, -0.25) is 0 Å². The highest BCUT2D eigenvalue weighted by molar-refractivity contribution is 5.45. The summed E-state index contributed by atoms with van der Waals surface area (Å²) in [5, 5.41) is 16.4. The fourth-order valence-electron chi connectivity index (χ4n) is 2.09. The Hall–Kier alpha value is -2.04. The van der Waals surface area contributed by atoms with Crippen LogP contribution in [0.25, 0.3) is 0 Å². The Bertz CT molecular complexity index is 546. The van der Waals surface area contributed by atoms with Crippen molar-refractivity contribution in [1.29, 1.82) is 0 Å². The Kier molecular flexibility index (Phi) is 6.74. The van der Waals surface area contributed by atoms with E-state index >= 15 is 0 Å². The molecule has 0 bridgehead atoms. The minimum atomic E-state index is -0.515. The molecule has 0 amide bonds. The van der Waals surface area contributed by atoms with Crippen LogP contribution in [0.2, 0.25) is 0 Å². The average molecular weight is 300 g/mol. The molecule has 0 heterocycles. The maximum atomic E-state index is 9.86. The first kappa shape index (κ1) is 16.3. The van der Waals surface area contributed by atoms with Gasteiger partial charge >= 0.3 is 0 Å². The van der Waals surface area contributed by atoms with Crippen molar-refractivity contribution in [3.8, 4) is 5.75 Å². The Balaban J connectivity index is 1.54. The standard InChI is InChI=1S/C18H24N2O2/c1-15-6-5-7-16(12-15)20-11-10-19-13-17(21)14-22-18-8-3-2-4-9-18/h2-9,12,17,19-21H,10-11,13-14H2,1H3. The van der Waals surface area contributed by atoms with Gasteiger partial charge in [-0.1, -0.05) is 30.3 Å². The largest absolute Gasteiger partial charge is 0.491 e. The SMILES string of the molecule is Cc1cccc(NCCNCC(O)COc2ccccc2)c1. The van der Waals surface area contributed by atoms with E-state index in [0.717, 1.165) is 24.5 Å². The van der Waals surface area contributed by atoms with Crippen molar-refractivity contribution < 1.29 is 9.84 Å². The van der Waals surface area contributed by atoms with Crippen molar-refractivity contribution in [1.82, 2.24) is 5.32 Å². The second-order valence-corrected chi connectivity index (χ2v) is 5.28. The van der Waals surface area contributed by atoms with Gasteiger partial charge in [0.15, 0.2) is 0 Å². The molecule has 0 fully saturated rings. The van der Waals surface area contributed by atoms with Crippen LogP contribution < -0.4 is 15.4 Å². The zero-order valence-electron chi connectivity index (χ0n) is 13.0. The number of nitrogens with one attached hydrogen (secondary N) is 2. The van der Waals surface area contributed by atoms with Crippen LogP contribution in [0.5, 0.6) is 5.75 Å². The fourth-order valence-corrected chi connectivity index (χ4v) is 2.09. The molecule has 1 atom stereocenters. The van der Waals surface area contributed by atoms with Crippen LogP contribution in [0, 0.1) is 6.92 Å². The van der Waals surface area contributed by atoms with E-state index in [1.54, 1.807) is 0 Å². The summed E-state index contributed by atoms with van der Waals surface area (Å²) in [7, 11) is 0. The second-order valence-electron chi connectivity index (χ2n) is 5.28. The molecule has 0 aromatic heterocycles. The smallest absolute Gasteiger partial charge is 0.119 e. The lowest BCUT2D eigenvalue weighted by Gasteiger charge is -2.14. The van der Waals surface area contributed by atoms with Gasteiger partial charge in [0.2, 0.25) is 0 Å². The van der Waals surface area contributed by atoms with Gasteiger partial charge in [-0.2, -0.15) is 0 Å². The van der Waals surface area contributed by atoms with Crippen molar-refractivity contribution in [3.63, 3.8) is 0 Å². The summed E-state index contributed by atoms with van der Waals surface area (Å²) in [6.45, 7) is 4.49. The summed E-state index contributed by atoms with van der Waals surface area (Å²) in [5.74, 6) is 0.780. The number of ether oxygens (including phenoxy) is 1. The predicted molar refractivity (Wildman–Crippen MR) is 90.5 cm³/mol. The molecule has 4 heteroatoms. The molecule has 0 aliphatic rings. The number of hydrogen-bond acceptors (Lipinski definition) is 4. The van der Waals surface area contributed by atoms with E-state index in [4.69, 9.17) is 4.74 Å². The average Bonchev–Trinajstić information content (AvgIpc) is 2.54. The molecule has 0 radical (unpaired) electrons. The van der Waals surface area contributed by atoms with Gasteiger partial charge in [0, 0.05) is 25.3 Å². The van der Waals surface area contributed by atoms with Crippen LogP contribution in [0.15, 0.2) is 54.6 Å². The molecule has 22 heavy (non-hydrogen) atoms. The Labute approximate surface area is 132 Å². The van der Waals surface area contributed by atoms with E-state index in [-0.39, 0.29) is 0 Å². The third-order valence-corrected chi connectivity index (χ3v) is 3.21. The van der Waals surface area contributed by atoms with Gasteiger partial charge in [0.05, 0.1) is 0 Å². The predicted octanol–water partition coefficient (Wildman–Crippen LogP) is 2.44. The molecule has 3 N–H and O–H groups in total. The first-order valence-electron chi connectivity index (χ1n) is 7.61. The van der Waals surface area contributed by atoms with Crippen molar-refractivity contribution in [2.75, 3.05) is 31.6 Å². The Morgan fingerprint density at radius 2 is 1.86 bits per heavy atom. The fraction of sp³-hybridized carbons (Fsp3) is 0.333. The summed E-state index contributed by atoms with van der Waals surface area (Å²) in [6, 6.07) is 17.8. The molecule has 4 nitrogen and oxygen atoms in total. The molecule has 1 unspecified atom stereocenters. The van der Waals surface area contributed by atoms with E-state index in [1.807, 2.05) is 36.4 Å². The lowest BCUT2D eigenvalue weighted by Crippen LogP contribution is -2.34. The van der Waals surface area contributed by atoms with Gasteiger partial charge in [0.1, 0.15) is 18.5 Å². The van der Waals surface area contributed by atoms with Gasteiger partial charge < -0.3 is 20.5 Å². The first-order valence-corrected chi connectivity index (χ1v) is 7.61. The maximum absolute atomic E-state index is 9.86. The molecule has 118 valence electrons. The third-order valence-electron chi connectivity index (χ3n) is 3.21. The zero-order valence-corrected chi connectivity index (χ0v) is 13.0. The van der Waals surface area contributed by atoms with Gasteiger partial charge in [-0.25, -0.2) is 0 Å². The molecular formula is C18H24N2O2. The highest BCUT2D eigenvalue weighted by Gasteiger charge is 2.04. The number of aliphatic hydroxyl groups is 1. The number of hydrogen-bond donors (Lipinski definition) is 3.